The SMILES string of the molecule is Cc1csc(=O)n1CC(=O)NCC1CCCCC1C(=O)O. The van der Waals surface area contributed by atoms with E-state index in [1.54, 1.807) is 12.3 Å². The number of hydrogen-bond acceptors (Lipinski definition) is 4. The Morgan fingerprint density at radius 1 is 1.43 bits per heavy atom. The zero-order chi connectivity index (χ0) is 15.4. The van der Waals surface area contributed by atoms with Crippen molar-refractivity contribution in [3.8, 4) is 0 Å². The number of carboxylic acids is 1. The van der Waals surface area contributed by atoms with E-state index in [9.17, 15) is 19.5 Å². The van der Waals surface area contributed by atoms with Crippen molar-refractivity contribution in [3.63, 3.8) is 0 Å². The zero-order valence-corrected chi connectivity index (χ0v) is 12.8. The standard InChI is InChI=1S/C14H20N2O4S/c1-9-8-21-14(20)16(9)7-12(17)15-6-10-4-2-3-5-11(10)13(18)19/h8,10-11H,2-7H2,1H3,(H,15,17)(H,18,19). The number of thiazole rings is 1. The van der Waals surface area contributed by atoms with Crippen LogP contribution in [0.2, 0.25) is 0 Å². The molecule has 0 aromatic carbocycles. The largest absolute Gasteiger partial charge is 0.481 e. The highest BCUT2D eigenvalue weighted by Gasteiger charge is 2.30. The number of aromatic nitrogens is 1. The third-order valence-electron chi connectivity index (χ3n) is 4.07. The van der Waals surface area contributed by atoms with Crippen molar-refractivity contribution < 1.29 is 14.7 Å². The predicted octanol–water partition coefficient (Wildman–Crippen LogP) is 1.23. The van der Waals surface area contributed by atoms with Crippen LogP contribution in [0.3, 0.4) is 0 Å². The third-order valence-corrected chi connectivity index (χ3v) is 4.95. The van der Waals surface area contributed by atoms with E-state index in [0.29, 0.717) is 13.0 Å². The van der Waals surface area contributed by atoms with Crippen molar-refractivity contribution in [2.75, 3.05) is 6.54 Å². The molecule has 1 saturated carbocycles. The Balaban J connectivity index is 1.88. The van der Waals surface area contributed by atoms with Gasteiger partial charge in [0.2, 0.25) is 5.91 Å². The van der Waals surface area contributed by atoms with Gasteiger partial charge < -0.3 is 10.4 Å². The van der Waals surface area contributed by atoms with Gasteiger partial charge in [-0.25, -0.2) is 0 Å². The summed E-state index contributed by atoms with van der Waals surface area (Å²) < 4.78 is 1.43. The lowest BCUT2D eigenvalue weighted by atomic mass is 9.79. The first kappa shape index (κ1) is 15.8. The van der Waals surface area contributed by atoms with Crippen LogP contribution in [0, 0.1) is 18.8 Å². The predicted molar refractivity (Wildman–Crippen MR) is 79.4 cm³/mol. The molecule has 0 bridgehead atoms. The summed E-state index contributed by atoms with van der Waals surface area (Å²) in [6, 6.07) is 0. The Morgan fingerprint density at radius 2 is 2.14 bits per heavy atom. The van der Waals surface area contributed by atoms with E-state index >= 15 is 0 Å². The Hall–Kier alpha value is -1.63. The number of carbonyl (C=O) groups is 2. The first-order chi connectivity index (χ1) is 9.99. The van der Waals surface area contributed by atoms with Crippen LogP contribution in [-0.4, -0.2) is 28.1 Å². The number of hydrogen-bond donors (Lipinski definition) is 2. The van der Waals surface area contributed by atoms with E-state index in [1.165, 1.54) is 4.57 Å². The van der Waals surface area contributed by atoms with Crippen LogP contribution < -0.4 is 10.2 Å². The second-order valence-corrected chi connectivity index (χ2v) is 6.34. The van der Waals surface area contributed by atoms with E-state index in [-0.39, 0.29) is 29.2 Å². The first-order valence-corrected chi connectivity index (χ1v) is 8.01. The molecule has 1 aliphatic rings. The summed E-state index contributed by atoms with van der Waals surface area (Å²) in [5, 5.41) is 13.7. The molecule has 2 unspecified atom stereocenters. The molecular weight excluding hydrogens is 292 g/mol. The maximum absolute atomic E-state index is 11.9. The Labute approximate surface area is 126 Å². The number of aryl methyl sites for hydroxylation is 1. The van der Waals surface area contributed by atoms with Crippen molar-refractivity contribution in [2.24, 2.45) is 11.8 Å². The molecule has 116 valence electrons. The van der Waals surface area contributed by atoms with Gasteiger partial charge in [0.05, 0.1) is 5.92 Å². The summed E-state index contributed by atoms with van der Waals surface area (Å²) in [7, 11) is 0. The molecule has 6 nitrogen and oxygen atoms in total. The molecule has 1 aromatic heterocycles. The molecule has 1 aliphatic carbocycles. The topological polar surface area (TPSA) is 88.4 Å². The van der Waals surface area contributed by atoms with Gasteiger partial charge in [0, 0.05) is 17.6 Å². The van der Waals surface area contributed by atoms with E-state index in [0.717, 1.165) is 36.3 Å². The van der Waals surface area contributed by atoms with E-state index in [1.807, 2.05) is 0 Å². The van der Waals surface area contributed by atoms with Crippen LogP contribution in [0.15, 0.2) is 10.2 Å². The van der Waals surface area contributed by atoms with Crippen molar-refractivity contribution in [1.82, 2.24) is 9.88 Å². The lowest BCUT2D eigenvalue weighted by molar-refractivity contribution is -0.145. The monoisotopic (exact) mass is 312 g/mol. The average molecular weight is 312 g/mol. The number of nitrogens with zero attached hydrogens (tertiary/aromatic N) is 1. The Bertz CT molecular complexity index is 578. The van der Waals surface area contributed by atoms with Crippen LogP contribution in [0.4, 0.5) is 0 Å². The van der Waals surface area contributed by atoms with Crippen LogP contribution in [0.5, 0.6) is 0 Å². The van der Waals surface area contributed by atoms with Gasteiger partial charge in [0.25, 0.3) is 0 Å². The average Bonchev–Trinajstić information content (AvgIpc) is 2.77. The number of carbonyl (C=O) groups excluding carboxylic acids is 1. The summed E-state index contributed by atoms with van der Waals surface area (Å²) in [6.07, 6.45) is 3.45. The molecule has 2 rings (SSSR count). The van der Waals surface area contributed by atoms with Gasteiger partial charge in [-0.3, -0.25) is 19.0 Å². The molecule has 1 aromatic rings. The molecule has 0 radical (unpaired) electrons. The number of aliphatic carboxylic acids is 1. The summed E-state index contributed by atoms with van der Waals surface area (Å²) in [5.74, 6) is -1.41. The molecular formula is C14H20N2O4S. The molecule has 1 heterocycles. The molecule has 21 heavy (non-hydrogen) atoms. The normalized spacial score (nSPS) is 22.0. The van der Waals surface area contributed by atoms with Gasteiger partial charge >= 0.3 is 10.8 Å². The van der Waals surface area contributed by atoms with Gasteiger partial charge in [-0.1, -0.05) is 24.2 Å². The highest BCUT2D eigenvalue weighted by Crippen LogP contribution is 2.29. The van der Waals surface area contributed by atoms with Gasteiger partial charge in [0.1, 0.15) is 6.54 Å². The highest BCUT2D eigenvalue weighted by atomic mass is 32.1. The molecule has 2 atom stereocenters. The Morgan fingerprint density at radius 3 is 2.76 bits per heavy atom. The number of rotatable bonds is 5. The van der Waals surface area contributed by atoms with E-state index in [4.69, 9.17) is 0 Å². The summed E-state index contributed by atoms with van der Waals surface area (Å²) in [4.78, 5) is 34.5. The molecule has 0 saturated heterocycles. The minimum atomic E-state index is -0.779. The van der Waals surface area contributed by atoms with Crippen LogP contribution in [-0.2, 0) is 16.1 Å². The second-order valence-electron chi connectivity index (χ2n) is 5.52. The smallest absolute Gasteiger partial charge is 0.307 e. The number of carboxylic acid groups (broad SMARTS) is 1. The third kappa shape index (κ3) is 3.93. The molecule has 1 fully saturated rings. The fourth-order valence-corrected chi connectivity index (χ4v) is 3.55. The van der Waals surface area contributed by atoms with Crippen molar-refractivity contribution in [1.29, 1.82) is 0 Å². The fourth-order valence-electron chi connectivity index (χ4n) is 2.82. The van der Waals surface area contributed by atoms with Crippen molar-refractivity contribution >= 4 is 23.2 Å². The maximum atomic E-state index is 11.9. The summed E-state index contributed by atoms with van der Waals surface area (Å²) in [6.45, 7) is 2.15. The van der Waals surface area contributed by atoms with Gasteiger partial charge in [-0.2, -0.15) is 0 Å². The summed E-state index contributed by atoms with van der Waals surface area (Å²) in [5.41, 5.74) is 0.765. The van der Waals surface area contributed by atoms with Gasteiger partial charge in [-0.15, -0.1) is 0 Å². The van der Waals surface area contributed by atoms with E-state index in [2.05, 4.69) is 5.32 Å². The fraction of sp³-hybridized carbons (Fsp3) is 0.643. The molecule has 7 heteroatoms. The summed E-state index contributed by atoms with van der Waals surface area (Å²) >= 11 is 1.07. The maximum Gasteiger partial charge on any atom is 0.307 e. The van der Waals surface area contributed by atoms with Crippen LogP contribution in [0.1, 0.15) is 31.4 Å². The van der Waals surface area contributed by atoms with Gasteiger partial charge in [0.15, 0.2) is 0 Å². The zero-order valence-electron chi connectivity index (χ0n) is 12.0. The van der Waals surface area contributed by atoms with Gasteiger partial charge in [-0.05, 0) is 25.7 Å². The highest BCUT2D eigenvalue weighted by molar-refractivity contribution is 7.07. The molecule has 0 aliphatic heterocycles. The molecule has 0 spiro atoms. The Kier molecular flexibility index (Phi) is 5.17. The minimum absolute atomic E-state index is 0.00136. The molecule has 2 N–H and O–H groups in total. The number of amides is 1. The quantitative estimate of drug-likeness (QED) is 0.856. The van der Waals surface area contributed by atoms with E-state index < -0.39 is 5.97 Å². The van der Waals surface area contributed by atoms with Crippen molar-refractivity contribution in [2.45, 2.75) is 39.2 Å². The van der Waals surface area contributed by atoms with Crippen molar-refractivity contribution in [3.05, 3.63) is 20.7 Å². The number of nitrogens with one attached hydrogen (secondary N) is 1. The van der Waals surface area contributed by atoms with Crippen LogP contribution in [0.25, 0.3) is 0 Å². The lowest BCUT2D eigenvalue weighted by Gasteiger charge is -2.28. The first-order valence-electron chi connectivity index (χ1n) is 7.13. The molecule has 1 amide bonds. The van der Waals surface area contributed by atoms with Crippen LogP contribution >= 0.6 is 11.3 Å². The second kappa shape index (κ2) is 6.89. The lowest BCUT2D eigenvalue weighted by Crippen LogP contribution is -2.39. The minimum Gasteiger partial charge on any atom is -0.481 e.